The zero-order chi connectivity index (χ0) is 13.0. The van der Waals surface area contributed by atoms with Crippen LogP contribution in [-0.2, 0) is 0 Å². The lowest BCUT2D eigenvalue weighted by Crippen LogP contribution is -2.01. The third-order valence-corrected chi connectivity index (χ3v) is 1.93. The van der Waals surface area contributed by atoms with Gasteiger partial charge in [0, 0.05) is 0 Å². The molecule has 0 amide bonds. The molecule has 0 aliphatic rings. The summed E-state index contributed by atoms with van der Waals surface area (Å²) in [7, 11) is 1.23. The smallest absolute Gasteiger partial charge is 0.321 e. The summed E-state index contributed by atoms with van der Waals surface area (Å²) in [5.74, 6) is -0.140. The lowest BCUT2D eigenvalue weighted by atomic mass is 10.2. The molecule has 0 aromatic heterocycles. The van der Waals surface area contributed by atoms with E-state index in [4.69, 9.17) is 9.47 Å². The number of hydrogen-bond acceptors (Lipinski definition) is 6. The number of rotatable bonds is 5. The Kier molecular flexibility index (Phi) is 3.81. The summed E-state index contributed by atoms with van der Waals surface area (Å²) < 4.78 is 9.91. The van der Waals surface area contributed by atoms with Crippen molar-refractivity contribution in [2.24, 2.45) is 0 Å². The van der Waals surface area contributed by atoms with Crippen LogP contribution in [0.3, 0.4) is 0 Å². The first kappa shape index (κ1) is 12.7. The molecule has 0 bridgehead atoms. The summed E-state index contributed by atoms with van der Waals surface area (Å²) in [6.07, 6.45) is 0. The van der Waals surface area contributed by atoms with E-state index < -0.39 is 21.2 Å². The molecule has 0 radical (unpaired) electrons. The van der Waals surface area contributed by atoms with E-state index in [0.717, 1.165) is 12.1 Å². The first-order chi connectivity index (χ1) is 8.01. The maximum atomic E-state index is 10.8. The Morgan fingerprint density at radius 1 is 1.24 bits per heavy atom. The number of methoxy groups -OCH3 is 1. The van der Waals surface area contributed by atoms with Crippen molar-refractivity contribution in [1.82, 2.24) is 0 Å². The second-order valence-corrected chi connectivity index (χ2v) is 2.94. The van der Waals surface area contributed by atoms with Crippen LogP contribution in [0.5, 0.6) is 11.5 Å². The molecule has 0 N–H and O–H groups in total. The van der Waals surface area contributed by atoms with Gasteiger partial charge in [0.05, 0.1) is 35.7 Å². The molecule has 0 unspecified atom stereocenters. The van der Waals surface area contributed by atoms with Crippen LogP contribution in [0.2, 0.25) is 0 Å². The first-order valence-electron chi connectivity index (χ1n) is 4.64. The van der Waals surface area contributed by atoms with Crippen molar-refractivity contribution in [2.75, 3.05) is 13.7 Å². The third-order valence-electron chi connectivity index (χ3n) is 1.93. The summed E-state index contributed by atoms with van der Waals surface area (Å²) in [5.41, 5.74) is -0.911. The largest absolute Gasteiger partial charge is 0.489 e. The van der Waals surface area contributed by atoms with E-state index in [-0.39, 0.29) is 18.1 Å². The molecule has 1 aromatic carbocycles. The minimum Gasteiger partial charge on any atom is -0.489 e. The maximum absolute atomic E-state index is 10.8. The molecule has 0 heterocycles. The number of ether oxygens (including phenoxy) is 2. The average molecular weight is 242 g/mol. The van der Waals surface area contributed by atoms with Crippen molar-refractivity contribution in [3.63, 3.8) is 0 Å². The highest BCUT2D eigenvalue weighted by molar-refractivity contribution is 5.62. The van der Waals surface area contributed by atoms with Crippen molar-refractivity contribution in [3.05, 3.63) is 32.4 Å². The van der Waals surface area contributed by atoms with E-state index in [1.165, 1.54) is 7.11 Å². The molecule has 0 aliphatic heterocycles. The van der Waals surface area contributed by atoms with Crippen molar-refractivity contribution < 1.29 is 19.3 Å². The zero-order valence-corrected chi connectivity index (χ0v) is 9.21. The Hall–Kier alpha value is -2.38. The predicted molar refractivity (Wildman–Crippen MR) is 57.5 cm³/mol. The topological polar surface area (TPSA) is 105 Å². The van der Waals surface area contributed by atoms with E-state index >= 15 is 0 Å². The SMILES string of the molecule is CCOc1cc([N+](=O)[O-])cc([N+](=O)[O-])c1OC. The average Bonchev–Trinajstić information content (AvgIpc) is 2.28. The fourth-order valence-electron chi connectivity index (χ4n) is 1.28. The molecular weight excluding hydrogens is 232 g/mol. The molecule has 1 aromatic rings. The van der Waals surface area contributed by atoms with Gasteiger partial charge in [0.25, 0.3) is 5.69 Å². The van der Waals surface area contributed by atoms with Gasteiger partial charge in [-0.15, -0.1) is 0 Å². The number of benzene rings is 1. The molecular formula is C9H10N2O6. The highest BCUT2D eigenvalue weighted by Crippen LogP contribution is 2.40. The van der Waals surface area contributed by atoms with Crippen LogP contribution in [0.25, 0.3) is 0 Å². The fraction of sp³-hybridized carbons (Fsp3) is 0.333. The maximum Gasteiger partial charge on any atom is 0.321 e. The molecule has 0 saturated carbocycles. The van der Waals surface area contributed by atoms with Gasteiger partial charge in [0.15, 0.2) is 5.75 Å². The van der Waals surface area contributed by atoms with Gasteiger partial charge in [0.2, 0.25) is 5.75 Å². The van der Waals surface area contributed by atoms with E-state index in [9.17, 15) is 20.2 Å². The van der Waals surface area contributed by atoms with Gasteiger partial charge in [-0.05, 0) is 6.92 Å². The van der Waals surface area contributed by atoms with E-state index in [2.05, 4.69) is 0 Å². The van der Waals surface area contributed by atoms with Crippen LogP contribution in [0, 0.1) is 20.2 Å². The van der Waals surface area contributed by atoms with E-state index in [0.29, 0.717) is 0 Å². The highest BCUT2D eigenvalue weighted by Gasteiger charge is 2.25. The quantitative estimate of drug-likeness (QED) is 0.576. The van der Waals surface area contributed by atoms with Crippen molar-refractivity contribution in [3.8, 4) is 11.5 Å². The van der Waals surface area contributed by atoms with Crippen LogP contribution in [0.1, 0.15) is 6.92 Å². The molecule has 0 atom stereocenters. The molecule has 8 heteroatoms. The second kappa shape index (κ2) is 5.10. The molecule has 92 valence electrons. The van der Waals surface area contributed by atoms with Crippen LogP contribution < -0.4 is 9.47 Å². The second-order valence-electron chi connectivity index (χ2n) is 2.94. The first-order valence-corrected chi connectivity index (χ1v) is 4.64. The van der Waals surface area contributed by atoms with Gasteiger partial charge >= 0.3 is 5.69 Å². The summed E-state index contributed by atoms with van der Waals surface area (Å²) in [6.45, 7) is 1.87. The van der Waals surface area contributed by atoms with Crippen LogP contribution in [0.15, 0.2) is 12.1 Å². The zero-order valence-electron chi connectivity index (χ0n) is 9.21. The van der Waals surface area contributed by atoms with Gasteiger partial charge in [-0.2, -0.15) is 0 Å². The van der Waals surface area contributed by atoms with Crippen LogP contribution >= 0.6 is 0 Å². The Bertz CT molecular complexity index is 459. The number of non-ortho nitro benzene ring substituents is 1. The number of nitro benzene ring substituents is 2. The lowest BCUT2D eigenvalue weighted by molar-refractivity contribution is -0.394. The van der Waals surface area contributed by atoms with Gasteiger partial charge in [-0.3, -0.25) is 20.2 Å². The lowest BCUT2D eigenvalue weighted by Gasteiger charge is -2.08. The normalized spacial score (nSPS) is 9.76. The van der Waals surface area contributed by atoms with Crippen LogP contribution in [-0.4, -0.2) is 23.6 Å². The minimum atomic E-state index is -0.756. The molecule has 8 nitrogen and oxygen atoms in total. The number of nitro groups is 2. The number of hydrogen-bond donors (Lipinski definition) is 0. The Labute approximate surface area is 96.1 Å². The fourth-order valence-corrected chi connectivity index (χ4v) is 1.28. The molecule has 1 rings (SSSR count). The van der Waals surface area contributed by atoms with Gasteiger partial charge in [-0.25, -0.2) is 0 Å². The van der Waals surface area contributed by atoms with Crippen molar-refractivity contribution in [1.29, 1.82) is 0 Å². The summed E-state index contributed by atoms with van der Waals surface area (Å²) >= 11 is 0. The van der Waals surface area contributed by atoms with Crippen molar-refractivity contribution >= 4 is 11.4 Å². The molecule has 0 aliphatic carbocycles. The molecule has 0 spiro atoms. The van der Waals surface area contributed by atoms with Gasteiger partial charge < -0.3 is 9.47 Å². The summed E-state index contributed by atoms with van der Waals surface area (Å²) in [5, 5.41) is 21.4. The standard InChI is InChI=1S/C9H10N2O6/c1-3-17-8-5-6(10(12)13)4-7(11(14)15)9(8)16-2/h4-5H,3H2,1-2H3. The van der Waals surface area contributed by atoms with Gasteiger partial charge in [0.1, 0.15) is 0 Å². The Balaban J connectivity index is 3.45. The summed E-state index contributed by atoms with van der Waals surface area (Å²) in [6, 6.07) is 1.93. The van der Waals surface area contributed by atoms with Gasteiger partial charge in [-0.1, -0.05) is 0 Å². The summed E-state index contributed by atoms with van der Waals surface area (Å²) in [4.78, 5) is 19.9. The third kappa shape index (κ3) is 2.60. The number of nitrogens with zero attached hydrogens (tertiary/aromatic N) is 2. The Morgan fingerprint density at radius 2 is 1.88 bits per heavy atom. The molecule has 0 saturated heterocycles. The predicted octanol–water partition coefficient (Wildman–Crippen LogP) is 1.91. The van der Waals surface area contributed by atoms with E-state index in [1.807, 2.05) is 0 Å². The van der Waals surface area contributed by atoms with E-state index in [1.54, 1.807) is 6.92 Å². The highest BCUT2D eigenvalue weighted by atomic mass is 16.6. The monoisotopic (exact) mass is 242 g/mol. The Morgan fingerprint density at radius 3 is 2.29 bits per heavy atom. The molecule has 0 fully saturated rings. The minimum absolute atomic E-state index is 0.0177. The van der Waals surface area contributed by atoms with Crippen LogP contribution in [0.4, 0.5) is 11.4 Å². The van der Waals surface area contributed by atoms with Crippen molar-refractivity contribution in [2.45, 2.75) is 6.92 Å². The molecule has 17 heavy (non-hydrogen) atoms.